The second kappa shape index (κ2) is 7.23. The number of nitrogens with one attached hydrogen (secondary N) is 1. The quantitative estimate of drug-likeness (QED) is 0.489. The zero-order chi connectivity index (χ0) is 25.8. The van der Waals surface area contributed by atoms with E-state index in [0.29, 0.717) is 10.7 Å². The predicted octanol–water partition coefficient (Wildman–Crippen LogP) is 2.38. The molecule has 0 atom stereocenters. The Bertz CT molecular complexity index is 1530. The molecule has 0 radical (unpaired) electrons. The van der Waals surface area contributed by atoms with Gasteiger partial charge in [-0.3, -0.25) is 9.40 Å². The van der Waals surface area contributed by atoms with Crippen molar-refractivity contribution in [1.29, 1.82) is 0 Å². The third kappa shape index (κ3) is 3.76. The number of aromatic nitrogens is 6. The van der Waals surface area contributed by atoms with Crippen LogP contribution in [0.3, 0.4) is 0 Å². The van der Waals surface area contributed by atoms with Crippen LogP contribution < -0.4 is 9.46 Å². The Kier molecular flexibility index (Phi) is 3.75. The average Bonchev–Trinajstić information content (AvgIpc) is 3.39. The molecule has 0 aliphatic heterocycles. The predicted molar refractivity (Wildman–Crippen MR) is 102 cm³/mol. The summed E-state index contributed by atoms with van der Waals surface area (Å²) in [5.41, 5.74) is -1.69. The Morgan fingerprint density at radius 1 is 1.26 bits per heavy atom. The molecular formula is C17H14F3N7O3S. The van der Waals surface area contributed by atoms with E-state index in [1.54, 1.807) is 0 Å². The number of hydrogen-bond acceptors (Lipinski definition) is 7. The van der Waals surface area contributed by atoms with Crippen LogP contribution in [0, 0.1) is 0 Å². The molecule has 1 N–H and O–H groups in total. The second-order valence-electron chi connectivity index (χ2n) is 6.05. The molecule has 4 rings (SSSR count). The molecule has 0 bridgehead atoms. The Labute approximate surface area is 179 Å². The molecule has 0 aromatic carbocycles. The first-order chi connectivity index (χ1) is 16.2. The number of methoxy groups -OCH3 is 1. The van der Waals surface area contributed by atoms with Crippen molar-refractivity contribution >= 4 is 26.6 Å². The first kappa shape index (κ1) is 16.1. The molecule has 14 heteroatoms. The van der Waals surface area contributed by atoms with E-state index in [9.17, 15) is 21.6 Å². The average molecular weight is 457 g/mol. The SMILES string of the molecule is [2H]c1nn(C([2H])([2H])[2H])c2c(NS(=O)(=O)c3cnn(-c4cc(C(F)(F)F)ccn4)c3)c(OC)ncc12. The van der Waals surface area contributed by atoms with Crippen molar-refractivity contribution in [3.8, 4) is 11.7 Å². The number of hydrogen-bond donors (Lipinski definition) is 1. The number of anilines is 1. The first-order valence-corrected chi connectivity index (χ1v) is 9.74. The molecule has 0 unspecified atom stereocenters. The smallest absolute Gasteiger partial charge is 0.416 e. The van der Waals surface area contributed by atoms with E-state index in [1.165, 1.54) is 7.11 Å². The van der Waals surface area contributed by atoms with Crippen LogP contribution in [-0.4, -0.2) is 45.1 Å². The van der Waals surface area contributed by atoms with Gasteiger partial charge in [0, 0.05) is 28.9 Å². The summed E-state index contributed by atoms with van der Waals surface area (Å²) < 4.78 is 105. The van der Waals surface area contributed by atoms with Crippen molar-refractivity contribution in [3.63, 3.8) is 0 Å². The number of alkyl halides is 3. The number of pyridine rings is 2. The van der Waals surface area contributed by atoms with E-state index in [1.807, 2.05) is 0 Å². The minimum absolute atomic E-state index is 0.0662. The van der Waals surface area contributed by atoms with Crippen molar-refractivity contribution in [2.24, 2.45) is 6.98 Å². The maximum atomic E-state index is 13.1. The van der Waals surface area contributed by atoms with Gasteiger partial charge >= 0.3 is 6.18 Å². The molecule has 0 fully saturated rings. The lowest BCUT2D eigenvalue weighted by Crippen LogP contribution is -2.14. The van der Waals surface area contributed by atoms with Crippen molar-refractivity contribution in [3.05, 3.63) is 48.7 Å². The Hall–Kier alpha value is -3.68. The van der Waals surface area contributed by atoms with Crippen molar-refractivity contribution in [2.75, 3.05) is 11.8 Å². The van der Waals surface area contributed by atoms with Crippen LogP contribution in [0.25, 0.3) is 16.7 Å². The maximum absolute atomic E-state index is 13.1. The Balaban J connectivity index is 1.79. The van der Waals surface area contributed by atoms with E-state index < -0.39 is 45.5 Å². The lowest BCUT2D eigenvalue weighted by molar-refractivity contribution is -0.137. The highest BCUT2D eigenvalue weighted by Gasteiger charge is 2.31. The van der Waals surface area contributed by atoms with E-state index in [2.05, 4.69) is 24.9 Å². The van der Waals surface area contributed by atoms with Crippen molar-refractivity contribution < 1.29 is 31.8 Å². The normalized spacial score (nSPS) is 14.6. The summed E-state index contributed by atoms with van der Waals surface area (Å²) >= 11 is 0. The summed E-state index contributed by atoms with van der Waals surface area (Å²) in [6, 6.07) is 1.44. The number of aryl methyl sites for hydroxylation is 1. The summed E-state index contributed by atoms with van der Waals surface area (Å²) in [5.74, 6) is -0.597. The molecule has 0 aliphatic carbocycles. The number of sulfonamides is 1. The third-order valence-corrected chi connectivity index (χ3v) is 5.41. The summed E-state index contributed by atoms with van der Waals surface area (Å²) in [4.78, 5) is 7.19. The summed E-state index contributed by atoms with van der Waals surface area (Å²) in [7, 11) is -3.34. The fourth-order valence-electron chi connectivity index (χ4n) is 2.67. The lowest BCUT2D eigenvalue weighted by atomic mass is 10.2. The number of halogens is 3. The molecule has 4 heterocycles. The molecule has 0 amide bonds. The molecular weight excluding hydrogens is 439 g/mol. The van der Waals surface area contributed by atoms with Gasteiger partial charge in [0.2, 0.25) is 5.88 Å². The van der Waals surface area contributed by atoms with Crippen LogP contribution in [0.4, 0.5) is 18.9 Å². The van der Waals surface area contributed by atoms with Crippen LogP contribution in [0.2, 0.25) is 0 Å². The molecule has 10 nitrogen and oxygen atoms in total. The third-order valence-electron chi connectivity index (χ3n) is 4.11. The van der Waals surface area contributed by atoms with Gasteiger partial charge in [-0.2, -0.15) is 23.4 Å². The number of rotatable bonds is 5. The molecule has 162 valence electrons. The molecule has 31 heavy (non-hydrogen) atoms. The zero-order valence-corrected chi connectivity index (χ0v) is 16.2. The Morgan fingerprint density at radius 2 is 2.06 bits per heavy atom. The molecule has 4 aromatic rings. The Morgan fingerprint density at radius 3 is 2.77 bits per heavy atom. The number of nitrogens with zero attached hydrogens (tertiary/aromatic N) is 6. The minimum Gasteiger partial charge on any atom is -0.479 e. The summed E-state index contributed by atoms with van der Waals surface area (Å²) in [6.07, 6.45) is -1.32. The second-order valence-corrected chi connectivity index (χ2v) is 7.74. The fourth-order valence-corrected chi connectivity index (χ4v) is 3.67. The van der Waals surface area contributed by atoms with Crippen molar-refractivity contribution in [1.82, 2.24) is 29.5 Å². The molecule has 0 spiro atoms. The van der Waals surface area contributed by atoms with E-state index in [-0.39, 0.29) is 22.6 Å². The van der Waals surface area contributed by atoms with Crippen LogP contribution in [0.1, 0.15) is 11.0 Å². The topological polar surface area (TPSA) is 117 Å². The van der Waals surface area contributed by atoms with Gasteiger partial charge in [-0.25, -0.2) is 23.1 Å². The maximum Gasteiger partial charge on any atom is 0.416 e. The largest absolute Gasteiger partial charge is 0.479 e. The lowest BCUT2D eigenvalue weighted by Gasteiger charge is -2.12. The van der Waals surface area contributed by atoms with Gasteiger partial charge in [0.05, 0.1) is 38.1 Å². The highest BCUT2D eigenvalue weighted by Crippen LogP contribution is 2.33. The number of fused-ring (bicyclic) bond motifs is 1. The number of ether oxygens (including phenoxy) is 1. The van der Waals surface area contributed by atoms with E-state index >= 15 is 0 Å². The van der Waals surface area contributed by atoms with Crippen LogP contribution in [0.5, 0.6) is 5.88 Å². The van der Waals surface area contributed by atoms with Gasteiger partial charge < -0.3 is 4.74 Å². The molecule has 0 aliphatic rings. The minimum atomic E-state index is -4.65. The van der Waals surface area contributed by atoms with Gasteiger partial charge in [0.1, 0.15) is 10.6 Å². The highest BCUT2D eigenvalue weighted by molar-refractivity contribution is 7.92. The van der Waals surface area contributed by atoms with Crippen LogP contribution in [-0.2, 0) is 23.2 Å². The summed E-state index contributed by atoms with van der Waals surface area (Å²) in [5, 5.41) is 7.35. The van der Waals surface area contributed by atoms with Crippen LogP contribution in [0.15, 0.2) is 48.0 Å². The standard InChI is InChI=1S/C17H14F3N7O3S/c1-26-15-10(7-23-26)6-22-16(30-2)14(15)25-31(28,29)12-8-24-27(9-12)13-5-11(3-4-21-13)17(18,19)20/h3-9,25H,1-2H3/i1D3,7D. The first-order valence-electron chi connectivity index (χ1n) is 10.3. The van der Waals surface area contributed by atoms with Crippen molar-refractivity contribution in [2.45, 2.75) is 11.1 Å². The highest BCUT2D eigenvalue weighted by atomic mass is 32.2. The van der Waals surface area contributed by atoms with Gasteiger partial charge in [0.25, 0.3) is 10.0 Å². The monoisotopic (exact) mass is 457 g/mol. The fraction of sp³-hybridized carbons (Fsp3) is 0.176. The van der Waals surface area contributed by atoms with Gasteiger partial charge in [0.15, 0.2) is 5.82 Å². The molecule has 0 saturated carbocycles. The summed E-state index contributed by atoms with van der Waals surface area (Å²) in [6.45, 7) is -2.87. The van der Waals surface area contributed by atoms with E-state index in [0.717, 1.165) is 35.5 Å². The molecule has 0 saturated heterocycles. The van der Waals surface area contributed by atoms with Gasteiger partial charge in [-0.15, -0.1) is 0 Å². The molecule has 4 aromatic heterocycles. The van der Waals surface area contributed by atoms with Gasteiger partial charge in [-0.05, 0) is 12.1 Å². The van der Waals surface area contributed by atoms with Gasteiger partial charge in [-0.1, -0.05) is 0 Å². The zero-order valence-electron chi connectivity index (χ0n) is 19.4. The van der Waals surface area contributed by atoms with E-state index in [4.69, 9.17) is 10.2 Å². The van der Waals surface area contributed by atoms with Crippen LogP contribution >= 0.6 is 0 Å².